The Kier molecular flexibility index (Phi) is 4.34. The average molecular weight is 319 g/mol. The molecule has 0 spiro atoms. The van der Waals surface area contributed by atoms with Gasteiger partial charge in [0.1, 0.15) is 0 Å². The van der Waals surface area contributed by atoms with E-state index in [-0.39, 0.29) is 11.7 Å². The molecule has 0 fully saturated rings. The van der Waals surface area contributed by atoms with Gasteiger partial charge in [0.25, 0.3) is 0 Å². The molecule has 0 unspecified atom stereocenters. The number of nitrogens with one attached hydrogen (secondary N) is 1. The summed E-state index contributed by atoms with van der Waals surface area (Å²) in [5.74, 6) is 0.0416. The minimum atomic E-state index is -0.0918. The smallest absolute Gasteiger partial charge is 0.221 e. The molecule has 0 atom stereocenters. The molecule has 1 aliphatic carbocycles. The van der Waals surface area contributed by atoms with Crippen molar-refractivity contribution in [3.63, 3.8) is 0 Å². The van der Waals surface area contributed by atoms with Gasteiger partial charge in [0.05, 0.1) is 0 Å². The molecular weight excluding hydrogens is 298 g/mol. The van der Waals surface area contributed by atoms with Crippen LogP contribution in [0.5, 0.6) is 0 Å². The van der Waals surface area contributed by atoms with E-state index in [2.05, 4.69) is 18.3 Å². The zero-order chi connectivity index (χ0) is 17.3. The van der Waals surface area contributed by atoms with Crippen molar-refractivity contribution >= 4 is 23.5 Å². The van der Waals surface area contributed by atoms with E-state index in [1.807, 2.05) is 43.3 Å². The lowest BCUT2D eigenvalue weighted by Crippen LogP contribution is -2.15. The van der Waals surface area contributed by atoms with E-state index in [0.29, 0.717) is 0 Å². The van der Waals surface area contributed by atoms with Crippen LogP contribution in [0.2, 0.25) is 0 Å². The molecule has 0 radical (unpaired) electrons. The van der Waals surface area contributed by atoms with Gasteiger partial charge in [0.15, 0.2) is 5.78 Å². The zero-order valence-electron chi connectivity index (χ0n) is 14.3. The Morgan fingerprint density at radius 1 is 1.08 bits per heavy atom. The van der Waals surface area contributed by atoms with Gasteiger partial charge in [-0.3, -0.25) is 9.59 Å². The predicted molar refractivity (Wildman–Crippen MR) is 97.3 cm³/mol. The minimum Gasteiger partial charge on any atom is -0.326 e. The summed E-state index contributed by atoms with van der Waals surface area (Å²) in [5, 5.41) is 2.74. The van der Waals surface area contributed by atoms with Gasteiger partial charge in [-0.25, -0.2) is 0 Å². The number of benzene rings is 2. The van der Waals surface area contributed by atoms with Gasteiger partial charge in [-0.1, -0.05) is 23.8 Å². The van der Waals surface area contributed by atoms with E-state index < -0.39 is 0 Å². The predicted octanol–water partition coefficient (Wildman–Crippen LogP) is 4.47. The topological polar surface area (TPSA) is 46.2 Å². The second-order valence-corrected chi connectivity index (χ2v) is 6.41. The number of anilines is 1. The molecule has 3 heteroatoms. The zero-order valence-corrected chi connectivity index (χ0v) is 14.3. The molecule has 3 nitrogen and oxygen atoms in total. The fourth-order valence-corrected chi connectivity index (χ4v) is 3.28. The molecule has 1 N–H and O–H groups in total. The first kappa shape index (κ1) is 16.2. The fraction of sp³-hybridized carbons (Fsp3) is 0.238. The molecule has 0 bridgehead atoms. The van der Waals surface area contributed by atoms with Crippen molar-refractivity contribution < 1.29 is 9.59 Å². The third-order valence-corrected chi connectivity index (χ3v) is 4.37. The monoisotopic (exact) mass is 319 g/mol. The third kappa shape index (κ3) is 3.30. The Balaban J connectivity index is 1.89. The van der Waals surface area contributed by atoms with Crippen LogP contribution in [0.15, 0.2) is 42.0 Å². The van der Waals surface area contributed by atoms with Crippen LogP contribution in [0.1, 0.15) is 46.0 Å². The molecule has 122 valence electrons. The number of hydrogen-bond donors (Lipinski definition) is 1. The maximum absolute atomic E-state index is 12.8. The second-order valence-electron chi connectivity index (χ2n) is 6.41. The number of aryl methyl sites for hydroxylation is 2. The number of carbonyl (C=O) groups is 2. The molecule has 1 aliphatic rings. The summed E-state index contributed by atoms with van der Waals surface area (Å²) in [6.07, 6.45) is 3.63. The maximum Gasteiger partial charge on any atom is 0.221 e. The Labute approximate surface area is 142 Å². The number of rotatable bonds is 2. The highest BCUT2D eigenvalue weighted by Crippen LogP contribution is 2.30. The maximum atomic E-state index is 12.8. The number of Topliss-reactive ketones (excluding diaryl/α,β-unsaturated/α-hetero) is 1. The molecule has 0 heterocycles. The summed E-state index contributed by atoms with van der Waals surface area (Å²) < 4.78 is 0. The number of amides is 1. The van der Waals surface area contributed by atoms with E-state index in [1.54, 1.807) is 0 Å². The summed E-state index contributed by atoms with van der Waals surface area (Å²) in [7, 11) is 0. The van der Waals surface area contributed by atoms with Gasteiger partial charge in [0, 0.05) is 23.7 Å². The molecule has 2 aromatic carbocycles. The van der Waals surface area contributed by atoms with Crippen LogP contribution in [-0.2, 0) is 11.2 Å². The molecule has 3 rings (SSSR count). The number of allylic oxidation sites excluding steroid dienone is 1. The van der Waals surface area contributed by atoms with Crippen LogP contribution < -0.4 is 5.32 Å². The van der Waals surface area contributed by atoms with Crippen molar-refractivity contribution in [2.24, 2.45) is 0 Å². The molecule has 2 aromatic rings. The lowest BCUT2D eigenvalue weighted by Gasteiger charge is -2.20. The number of fused-ring (bicyclic) bond motifs is 1. The Hall–Kier alpha value is -2.68. The van der Waals surface area contributed by atoms with Crippen LogP contribution in [-0.4, -0.2) is 11.7 Å². The molecule has 0 aromatic heterocycles. The van der Waals surface area contributed by atoms with Crippen molar-refractivity contribution in [3.05, 3.63) is 69.8 Å². The van der Waals surface area contributed by atoms with Crippen molar-refractivity contribution in [2.75, 3.05) is 5.32 Å². The number of ketones is 1. The fourth-order valence-electron chi connectivity index (χ4n) is 3.28. The van der Waals surface area contributed by atoms with Crippen molar-refractivity contribution in [1.29, 1.82) is 0 Å². The van der Waals surface area contributed by atoms with E-state index >= 15 is 0 Å². The summed E-state index contributed by atoms with van der Waals surface area (Å²) >= 11 is 0. The SMILES string of the molecule is CC(=O)Nc1ccc(C=C2CCc3c(C)cc(C)cc3C2=O)cc1. The van der Waals surface area contributed by atoms with Crippen LogP contribution in [0.25, 0.3) is 6.08 Å². The molecule has 1 amide bonds. The highest BCUT2D eigenvalue weighted by Gasteiger charge is 2.23. The molecule has 0 saturated carbocycles. The normalized spacial score (nSPS) is 15.3. The second kappa shape index (κ2) is 6.44. The Morgan fingerprint density at radius 3 is 2.46 bits per heavy atom. The van der Waals surface area contributed by atoms with Crippen LogP contribution >= 0.6 is 0 Å². The summed E-state index contributed by atoms with van der Waals surface area (Å²) in [4.78, 5) is 23.9. The van der Waals surface area contributed by atoms with E-state index in [9.17, 15) is 9.59 Å². The Bertz CT molecular complexity index is 845. The molecular formula is C21H21NO2. The lowest BCUT2D eigenvalue weighted by atomic mass is 9.83. The van der Waals surface area contributed by atoms with Crippen molar-refractivity contribution in [2.45, 2.75) is 33.6 Å². The van der Waals surface area contributed by atoms with Gasteiger partial charge in [-0.05, 0) is 67.7 Å². The quantitative estimate of drug-likeness (QED) is 0.830. The summed E-state index contributed by atoms with van der Waals surface area (Å²) in [6, 6.07) is 11.7. The van der Waals surface area contributed by atoms with Gasteiger partial charge in [-0.2, -0.15) is 0 Å². The van der Waals surface area contributed by atoms with Gasteiger partial charge in [0.2, 0.25) is 5.91 Å². The van der Waals surface area contributed by atoms with E-state index in [4.69, 9.17) is 0 Å². The first-order chi connectivity index (χ1) is 11.4. The highest BCUT2D eigenvalue weighted by molar-refractivity contribution is 6.13. The standard InChI is InChI=1S/C21H21NO2/c1-13-10-14(2)19-9-6-17(21(24)20(19)11-13)12-16-4-7-18(8-5-16)22-15(3)23/h4-5,7-8,10-12H,6,9H2,1-3H3,(H,22,23). The van der Waals surface area contributed by atoms with Gasteiger partial charge in [-0.15, -0.1) is 0 Å². The van der Waals surface area contributed by atoms with Gasteiger partial charge < -0.3 is 5.32 Å². The van der Waals surface area contributed by atoms with Gasteiger partial charge >= 0.3 is 0 Å². The highest BCUT2D eigenvalue weighted by atomic mass is 16.1. The Morgan fingerprint density at radius 2 is 1.79 bits per heavy atom. The number of carbonyl (C=O) groups excluding carboxylic acids is 2. The van der Waals surface area contributed by atoms with Crippen LogP contribution in [0.4, 0.5) is 5.69 Å². The molecule has 24 heavy (non-hydrogen) atoms. The first-order valence-corrected chi connectivity index (χ1v) is 8.17. The molecule has 0 aliphatic heterocycles. The van der Waals surface area contributed by atoms with Crippen molar-refractivity contribution in [1.82, 2.24) is 0 Å². The van der Waals surface area contributed by atoms with Crippen LogP contribution in [0.3, 0.4) is 0 Å². The van der Waals surface area contributed by atoms with E-state index in [0.717, 1.165) is 40.8 Å². The first-order valence-electron chi connectivity index (χ1n) is 8.17. The van der Waals surface area contributed by atoms with E-state index in [1.165, 1.54) is 18.1 Å². The van der Waals surface area contributed by atoms with Crippen LogP contribution in [0, 0.1) is 13.8 Å². The van der Waals surface area contributed by atoms with Crippen molar-refractivity contribution in [3.8, 4) is 0 Å². The summed E-state index contributed by atoms with van der Waals surface area (Å²) in [6.45, 7) is 5.59. The minimum absolute atomic E-state index is 0.0918. The lowest BCUT2D eigenvalue weighted by molar-refractivity contribution is -0.114. The average Bonchev–Trinajstić information content (AvgIpc) is 2.52. The molecule has 0 saturated heterocycles. The number of hydrogen-bond acceptors (Lipinski definition) is 2. The summed E-state index contributed by atoms with van der Waals surface area (Å²) in [5.41, 5.74) is 6.94. The largest absolute Gasteiger partial charge is 0.326 e. The third-order valence-electron chi connectivity index (χ3n) is 4.37.